The zero-order valence-corrected chi connectivity index (χ0v) is 13.7. The molecule has 2 aliphatic carbocycles. The quantitative estimate of drug-likeness (QED) is 0.853. The fraction of sp³-hybridized carbons (Fsp3) is 0.273. The van der Waals surface area contributed by atoms with Crippen LogP contribution in [0.25, 0.3) is 12.2 Å². The molecule has 1 radical (unpaired) electrons. The van der Waals surface area contributed by atoms with E-state index in [2.05, 4.69) is 48.9 Å². The van der Waals surface area contributed by atoms with Gasteiger partial charge < -0.3 is 5.73 Å². The molecule has 2 N–H and O–H groups in total. The van der Waals surface area contributed by atoms with Gasteiger partial charge in [0.2, 0.25) is 5.91 Å². The van der Waals surface area contributed by atoms with Crippen molar-refractivity contribution in [2.45, 2.75) is 25.7 Å². The number of hydrogen-bond donors (Lipinski definition) is 1. The van der Waals surface area contributed by atoms with Crippen molar-refractivity contribution in [2.24, 2.45) is 17.1 Å². The van der Waals surface area contributed by atoms with E-state index in [1.807, 2.05) is 18.2 Å². The zero-order valence-electron chi connectivity index (χ0n) is 13.7. The Labute approximate surface area is 143 Å². The van der Waals surface area contributed by atoms with Crippen LogP contribution in [0.15, 0.2) is 48.5 Å². The van der Waals surface area contributed by atoms with Gasteiger partial charge in [-0.25, -0.2) is 0 Å². The summed E-state index contributed by atoms with van der Waals surface area (Å²) in [5.41, 5.74) is 10.3. The van der Waals surface area contributed by atoms with Crippen LogP contribution in [0.1, 0.15) is 35.1 Å². The molecule has 2 aromatic rings. The minimum Gasteiger partial charge on any atom is -0.369 e. The summed E-state index contributed by atoms with van der Waals surface area (Å²) in [6, 6.07) is 16.9. The normalized spacial score (nSPS) is 25.4. The molecule has 0 heterocycles. The molecule has 1 fully saturated rings. The first-order chi connectivity index (χ1) is 11.6. The van der Waals surface area contributed by atoms with Crippen LogP contribution in [0.2, 0.25) is 0 Å². The lowest BCUT2D eigenvalue weighted by Crippen LogP contribution is -2.37. The van der Waals surface area contributed by atoms with E-state index >= 15 is 0 Å². The third-order valence-corrected chi connectivity index (χ3v) is 5.49. The van der Waals surface area contributed by atoms with Crippen LogP contribution < -0.4 is 5.73 Å². The summed E-state index contributed by atoms with van der Waals surface area (Å²) in [5, 5.41) is 0. The van der Waals surface area contributed by atoms with Crippen molar-refractivity contribution in [2.75, 3.05) is 0 Å². The van der Waals surface area contributed by atoms with Crippen molar-refractivity contribution in [3.05, 3.63) is 77.2 Å². The Morgan fingerprint density at radius 1 is 1.04 bits per heavy atom. The summed E-state index contributed by atoms with van der Waals surface area (Å²) >= 11 is 0. The van der Waals surface area contributed by atoms with Crippen molar-refractivity contribution in [1.82, 2.24) is 0 Å². The Balaban J connectivity index is 1.65. The van der Waals surface area contributed by atoms with Crippen LogP contribution in [-0.2, 0) is 17.6 Å². The van der Waals surface area contributed by atoms with Crippen molar-refractivity contribution < 1.29 is 4.79 Å². The number of carbonyl (C=O) groups excluding carboxylic acids is 1. The van der Waals surface area contributed by atoms with Crippen molar-refractivity contribution in [1.29, 1.82) is 0 Å². The smallest absolute Gasteiger partial charge is 0.224 e. The van der Waals surface area contributed by atoms with Crippen LogP contribution in [0.3, 0.4) is 0 Å². The molecule has 0 aromatic heterocycles. The third kappa shape index (κ3) is 2.77. The van der Waals surface area contributed by atoms with Gasteiger partial charge in [-0.1, -0.05) is 60.7 Å². The minimum absolute atomic E-state index is 0.164. The summed E-state index contributed by atoms with van der Waals surface area (Å²) in [4.78, 5) is 12.1. The van der Waals surface area contributed by atoms with E-state index in [4.69, 9.17) is 5.73 Å². The highest BCUT2D eigenvalue weighted by Crippen LogP contribution is 2.47. The highest BCUT2D eigenvalue weighted by molar-refractivity contribution is 5.83. The lowest BCUT2D eigenvalue weighted by molar-refractivity contribution is -0.125. The summed E-state index contributed by atoms with van der Waals surface area (Å²) < 4.78 is 0. The Kier molecular flexibility index (Phi) is 3.76. The van der Waals surface area contributed by atoms with Crippen LogP contribution in [0.5, 0.6) is 0 Å². The predicted octanol–water partition coefficient (Wildman–Crippen LogP) is 4.04. The SMILES string of the molecule is NC(=O)C12[CH]C(CC1)Cc1ccc(C=Cc3ccccc3)cc1C2. The minimum atomic E-state index is -0.433. The average molecular weight is 316 g/mol. The van der Waals surface area contributed by atoms with Gasteiger partial charge in [-0.3, -0.25) is 4.79 Å². The number of primary amides is 1. The maximum atomic E-state index is 12.1. The number of rotatable bonds is 3. The molecule has 1 saturated carbocycles. The van der Waals surface area contributed by atoms with Crippen molar-refractivity contribution in [3.8, 4) is 0 Å². The molecule has 2 aliphatic rings. The van der Waals surface area contributed by atoms with Gasteiger partial charge >= 0.3 is 0 Å². The standard InChI is InChI=1S/C22H22NO/c23-21(24)22-11-10-18(14-22)13-19-9-8-17(12-20(19)15-22)7-6-16-4-2-1-3-5-16/h1-9,12,14,18H,10-11,13,15H2,(H2,23,24). The second-order valence-electron chi connectivity index (χ2n) is 7.14. The van der Waals surface area contributed by atoms with Gasteiger partial charge in [-0.15, -0.1) is 0 Å². The summed E-state index contributed by atoms with van der Waals surface area (Å²) in [6.07, 6.45) is 10.3. The lowest BCUT2D eigenvalue weighted by atomic mass is 9.79. The molecule has 2 unspecified atom stereocenters. The number of fused-ring (bicyclic) bond motifs is 3. The van der Waals surface area contributed by atoms with Crippen molar-refractivity contribution in [3.63, 3.8) is 0 Å². The average Bonchev–Trinajstić information content (AvgIpc) is 2.91. The van der Waals surface area contributed by atoms with Gasteiger partial charge in [0.1, 0.15) is 0 Å². The molecule has 2 atom stereocenters. The van der Waals surface area contributed by atoms with Gasteiger partial charge in [0.25, 0.3) is 0 Å². The highest BCUT2D eigenvalue weighted by Gasteiger charge is 2.46. The molecule has 0 spiro atoms. The molecule has 24 heavy (non-hydrogen) atoms. The van der Waals surface area contributed by atoms with Gasteiger partial charge in [0, 0.05) is 0 Å². The number of hydrogen-bond acceptors (Lipinski definition) is 1. The molecule has 4 rings (SSSR count). The first-order valence-corrected chi connectivity index (χ1v) is 8.65. The Bertz CT molecular complexity index is 793. The number of benzene rings is 2. The molecule has 2 aromatic carbocycles. The van der Waals surface area contributed by atoms with Crippen LogP contribution in [0.4, 0.5) is 0 Å². The van der Waals surface area contributed by atoms with E-state index in [9.17, 15) is 4.79 Å². The summed E-state index contributed by atoms with van der Waals surface area (Å²) in [6.45, 7) is 0. The Morgan fingerprint density at radius 3 is 2.62 bits per heavy atom. The fourth-order valence-electron chi connectivity index (χ4n) is 4.15. The van der Waals surface area contributed by atoms with Gasteiger partial charge in [-0.2, -0.15) is 0 Å². The predicted molar refractivity (Wildman–Crippen MR) is 97.9 cm³/mol. The first-order valence-electron chi connectivity index (χ1n) is 8.65. The largest absolute Gasteiger partial charge is 0.369 e. The Hall–Kier alpha value is -2.35. The maximum absolute atomic E-state index is 12.1. The number of amides is 1. The van der Waals surface area contributed by atoms with Crippen molar-refractivity contribution >= 4 is 18.1 Å². The van der Waals surface area contributed by atoms with E-state index in [0.717, 1.165) is 25.7 Å². The van der Waals surface area contributed by atoms with E-state index < -0.39 is 5.41 Å². The molecule has 121 valence electrons. The molecule has 2 nitrogen and oxygen atoms in total. The van der Waals surface area contributed by atoms with E-state index in [0.29, 0.717) is 5.92 Å². The number of carbonyl (C=O) groups is 1. The lowest BCUT2D eigenvalue weighted by Gasteiger charge is -2.25. The van der Waals surface area contributed by atoms with Crippen LogP contribution in [-0.4, -0.2) is 5.91 Å². The summed E-state index contributed by atoms with van der Waals surface area (Å²) in [5.74, 6) is 0.326. The van der Waals surface area contributed by atoms with Gasteiger partial charge in [0.15, 0.2) is 0 Å². The zero-order chi connectivity index (χ0) is 16.6. The topological polar surface area (TPSA) is 43.1 Å². The second kappa shape index (κ2) is 5.94. The van der Waals surface area contributed by atoms with E-state index in [1.54, 1.807) is 0 Å². The molecular weight excluding hydrogens is 294 g/mol. The fourth-order valence-corrected chi connectivity index (χ4v) is 4.15. The first kappa shape index (κ1) is 15.2. The molecule has 2 heteroatoms. The monoisotopic (exact) mass is 316 g/mol. The van der Waals surface area contributed by atoms with Gasteiger partial charge in [-0.05, 0) is 60.3 Å². The molecule has 0 saturated heterocycles. The maximum Gasteiger partial charge on any atom is 0.224 e. The second-order valence-corrected chi connectivity index (χ2v) is 7.14. The molecule has 2 bridgehead atoms. The highest BCUT2D eigenvalue weighted by atomic mass is 16.1. The number of nitrogens with two attached hydrogens (primary N) is 1. The van der Waals surface area contributed by atoms with Crippen LogP contribution >= 0.6 is 0 Å². The summed E-state index contributed by atoms with van der Waals surface area (Å²) in [7, 11) is 0. The molecular formula is C22H22NO. The van der Waals surface area contributed by atoms with Gasteiger partial charge in [0.05, 0.1) is 5.41 Å². The van der Waals surface area contributed by atoms with E-state index in [-0.39, 0.29) is 5.91 Å². The Morgan fingerprint density at radius 2 is 1.83 bits per heavy atom. The molecule has 0 aliphatic heterocycles. The molecule has 1 amide bonds. The van der Waals surface area contributed by atoms with E-state index in [1.165, 1.54) is 22.3 Å². The van der Waals surface area contributed by atoms with Crippen LogP contribution in [0, 0.1) is 17.8 Å². The third-order valence-electron chi connectivity index (χ3n) is 5.49.